The maximum absolute atomic E-state index is 13.4. The maximum atomic E-state index is 13.4. The molecule has 0 atom stereocenters. The molecule has 4 rings (SSSR count). The SMILES string of the molecule is Cc1c(S(=O)(=O)N2CCN(C(c3ccccc3)c3ccccc3)CC2)c(=O)n(C)c(=O)n1C. The first kappa shape index (κ1) is 23.2. The number of piperazine rings is 1. The Morgan fingerprint density at radius 2 is 1.24 bits per heavy atom. The number of hydrogen-bond donors (Lipinski definition) is 0. The second-order valence-corrected chi connectivity index (χ2v) is 10.2. The Morgan fingerprint density at radius 1 is 0.758 bits per heavy atom. The molecule has 0 aliphatic carbocycles. The average molecular weight is 469 g/mol. The van der Waals surface area contributed by atoms with E-state index in [-0.39, 0.29) is 29.7 Å². The standard InChI is InChI=1S/C24H28N4O4S/c1-18-22(23(29)26(3)24(30)25(18)2)33(31,32)28-16-14-27(15-17-28)21(19-10-6-4-7-11-19)20-12-8-5-9-13-20/h4-13,21H,14-17H2,1-3H3. The molecule has 0 amide bonds. The molecule has 1 aliphatic rings. The fourth-order valence-electron chi connectivity index (χ4n) is 4.43. The molecular formula is C24H28N4O4S. The van der Waals surface area contributed by atoms with E-state index in [2.05, 4.69) is 29.2 Å². The molecule has 1 fully saturated rings. The van der Waals surface area contributed by atoms with Crippen LogP contribution in [0.3, 0.4) is 0 Å². The van der Waals surface area contributed by atoms with Crippen LogP contribution in [-0.4, -0.2) is 52.9 Å². The molecule has 8 nitrogen and oxygen atoms in total. The van der Waals surface area contributed by atoms with Crippen molar-refractivity contribution in [2.45, 2.75) is 17.9 Å². The van der Waals surface area contributed by atoms with Crippen molar-refractivity contribution in [2.24, 2.45) is 14.1 Å². The molecule has 2 heterocycles. The zero-order valence-corrected chi connectivity index (χ0v) is 19.8. The van der Waals surface area contributed by atoms with Crippen molar-refractivity contribution < 1.29 is 8.42 Å². The molecule has 2 aromatic carbocycles. The van der Waals surface area contributed by atoms with Gasteiger partial charge < -0.3 is 0 Å². The minimum absolute atomic E-state index is 0.00408. The quantitative estimate of drug-likeness (QED) is 0.567. The zero-order valence-electron chi connectivity index (χ0n) is 19.0. The molecule has 0 N–H and O–H groups in total. The summed E-state index contributed by atoms with van der Waals surface area (Å²) in [7, 11) is -1.28. The molecule has 0 saturated carbocycles. The molecule has 9 heteroatoms. The molecular weight excluding hydrogens is 440 g/mol. The van der Waals surface area contributed by atoms with Gasteiger partial charge in [0.2, 0.25) is 10.0 Å². The first-order valence-electron chi connectivity index (χ1n) is 10.8. The minimum atomic E-state index is -4.05. The fourth-order valence-corrected chi connectivity index (χ4v) is 6.20. The Bertz CT molecular complexity index is 1320. The number of sulfonamides is 1. The Morgan fingerprint density at radius 3 is 1.73 bits per heavy atom. The normalized spacial score (nSPS) is 15.8. The van der Waals surface area contributed by atoms with Crippen LogP contribution < -0.4 is 11.2 Å². The molecule has 1 aliphatic heterocycles. The van der Waals surface area contributed by atoms with E-state index in [1.54, 1.807) is 0 Å². The summed E-state index contributed by atoms with van der Waals surface area (Å²) < 4.78 is 30.3. The van der Waals surface area contributed by atoms with Gasteiger partial charge >= 0.3 is 5.69 Å². The highest BCUT2D eigenvalue weighted by molar-refractivity contribution is 7.89. The molecule has 0 spiro atoms. The molecule has 174 valence electrons. The van der Waals surface area contributed by atoms with E-state index in [1.165, 1.54) is 29.9 Å². The van der Waals surface area contributed by atoms with E-state index in [1.807, 2.05) is 36.4 Å². The van der Waals surface area contributed by atoms with Gasteiger partial charge in [0.05, 0.1) is 6.04 Å². The largest absolute Gasteiger partial charge is 0.330 e. The van der Waals surface area contributed by atoms with Gasteiger partial charge in [-0.25, -0.2) is 13.2 Å². The number of rotatable bonds is 5. The first-order valence-corrected chi connectivity index (χ1v) is 12.3. The highest BCUT2D eigenvalue weighted by Gasteiger charge is 2.35. The van der Waals surface area contributed by atoms with E-state index in [0.717, 1.165) is 15.7 Å². The van der Waals surface area contributed by atoms with Crippen molar-refractivity contribution >= 4 is 10.0 Å². The van der Waals surface area contributed by atoms with Crippen LogP contribution in [0.5, 0.6) is 0 Å². The van der Waals surface area contributed by atoms with Crippen LogP contribution in [0.15, 0.2) is 75.1 Å². The van der Waals surface area contributed by atoms with Gasteiger partial charge in [0.25, 0.3) is 5.56 Å². The second-order valence-electron chi connectivity index (χ2n) is 8.28. The van der Waals surface area contributed by atoms with E-state index >= 15 is 0 Å². The number of aromatic nitrogens is 2. The van der Waals surface area contributed by atoms with Gasteiger partial charge in [0, 0.05) is 46.0 Å². The fraction of sp³-hybridized carbons (Fsp3) is 0.333. The van der Waals surface area contributed by atoms with Crippen LogP contribution in [0.2, 0.25) is 0 Å². The summed E-state index contributed by atoms with van der Waals surface area (Å²) >= 11 is 0. The summed E-state index contributed by atoms with van der Waals surface area (Å²) in [5, 5.41) is 0. The third-order valence-electron chi connectivity index (χ3n) is 6.37. The Balaban J connectivity index is 1.64. The lowest BCUT2D eigenvalue weighted by Gasteiger charge is -2.39. The summed E-state index contributed by atoms with van der Waals surface area (Å²) in [5.74, 6) is 0. The lowest BCUT2D eigenvalue weighted by molar-refractivity contribution is 0.155. The predicted molar refractivity (Wildman–Crippen MR) is 127 cm³/mol. The molecule has 33 heavy (non-hydrogen) atoms. The minimum Gasteiger partial charge on any atom is -0.300 e. The Labute approximate surface area is 193 Å². The van der Waals surface area contributed by atoms with Gasteiger partial charge in [0.1, 0.15) is 0 Å². The smallest absolute Gasteiger partial charge is 0.300 e. The van der Waals surface area contributed by atoms with Gasteiger partial charge in [-0.1, -0.05) is 60.7 Å². The zero-order chi connectivity index (χ0) is 23.8. The Hall–Kier alpha value is -3.01. The van der Waals surface area contributed by atoms with Crippen molar-refractivity contribution in [1.82, 2.24) is 18.3 Å². The van der Waals surface area contributed by atoms with E-state index < -0.39 is 21.3 Å². The van der Waals surface area contributed by atoms with Crippen LogP contribution in [-0.2, 0) is 24.1 Å². The van der Waals surface area contributed by atoms with Crippen molar-refractivity contribution in [3.63, 3.8) is 0 Å². The molecule has 0 unspecified atom stereocenters. The lowest BCUT2D eigenvalue weighted by atomic mass is 9.96. The van der Waals surface area contributed by atoms with Gasteiger partial charge in [-0.05, 0) is 18.1 Å². The third kappa shape index (κ3) is 4.19. The third-order valence-corrected chi connectivity index (χ3v) is 8.40. The van der Waals surface area contributed by atoms with Gasteiger partial charge in [-0.2, -0.15) is 4.31 Å². The lowest BCUT2D eigenvalue weighted by Crippen LogP contribution is -2.51. The van der Waals surface area contributed by atoms with Crippen molar-refractivity contribution in [1.29, 1.82) is 0 Å². The highest BCUT2D eigenvalue weighted by atomic mass is 32.2. The predicted octanol–water partition coefficient (Wildman–Crippen LogP) is 1.49. The Kier molecular flexibility index (Phi) is 6.38. The number of benzene rings is 2. The van der Waals surface area contributed by atoms with Gasteiger partial charge in [-0.3, -0.25) is 18.8 Å². The molecule has 1 aromatic heterocycles. The highest BCUT2D eigenvalue weighted by Crippen LogP contribution is 2.30. The van der Waals surface area contributed by atoms with Crippen LogP contribution in [0, 0.1) is 6.92 Å². The van der Waals surface area contributed by atoms with E-state index in [4.69, 9.17) is 0 Å². The molecule has 1 saturated heterocycles. The average Bonchev–Trinajstić information content (AvgIpc) is 2.83. The van der Waals surface area contributed by atoms with E-state index in [0.29, 0.717) is 13.1 Å². The molecule has 0 radical (unpaired) electrons. The summed E-state index contributed by atoms with van der Waals surface area (Å²) in [5.41, 5.74) is 1.10. The van der Waals surface area contributed by atoms with Crippen molar-refractivity contribution in [3.05, 3.63) is 98.3 Å². The first-order chi connectivity index (χ1) is 15.7. The summed E-state index contributed by atoms with van der Waals surface area (Å²) in [6.07, 6.45) is 0. The number of hydrogen-bond acceptors (Lipinski definition) is 5. The van der Waals surface area contributed by atoms with Crippen LogP contribution in [0.1, 0.15) is 22.9 Å². The second kappa shape index (κ2) is 9.09. The monoisotopic (exact) mass is 468 g/mol. The van der Waals surface area contributed by atoms with Crippen LogP contribution in [0.4, 0.5) is 0 Å². The van der Waals surface area contributed by atoms with Crippen LogP contribution in [0.25, 0.3) is 0 Å². The van der Waals surface area contributed by atoms with Crippen molar-refractivity contribution in [3.8, 4) is 0 Å². The molecule has 0 bridgehead atoms. The summed E-state index contributed by atoms with van der Waals surface area (Å²) in [6, 6.07) is 20.3. The number of nitrogens with zero attached hydrogens (tertiary/aromatic N) is 4. The van der Waals surface area contributed by atoms with Gasteiger partial charge in [-0.15, -0.1) is 0 Å². The van der Waals surface area contributed by atoms with Crippen molar-refractivity contribution in [2.75, 3.05) is 26.2 Å². The maximum Gasteiger partial charge on any atom is 0.330 e. The topological polar surface area (TPSA) is 84.6 Å². The van der Waals surface area contributed by atoms with Gasteiger partial charge in [0.15, 0.2) is 4.90 Å². The molecule has 3 aromatic rings. The van der Waals surface area contributed by atoms with E-state index in [9.17, 15) is 18.0 Å². The van der Waals surface area contributed by atoms with Crippen LogP contribution >= 0.6 is 0 Å². The summed E-state index contributed by atoms with van der Waals surface area (Å²) in [6.45, 7) is 3.03. The summed E-state index contributed by atoms with van der Waals surface area (Å²) in [4.78, 5) is 26.8.